The molecule has 0 bridgehead atoms. The van der Waals surface area contributed by atoms with Gasteiger partial charge in [0.15, 0.2) is 0 Å². The molecule has 3 N–H and O–H groups in total. The first-order valence-corrected chi connectivity index (χ1v) is 7.41. The van der Waals surface area contributed by atoms with E-state index in [1.165, 1.54) is 0 Å². The van der Waals surface area contributed by atoms with Crippen molar-refractivity contribution < 1.29 is 19.1 Å². The number of aliphatic hydroxyl groups is 1. The molecule has 2 aromatic rings. The van der Waals surface area contributed by atoms with Crippen molar-refractivity contribution in [1.29, 1.82) is 0 Å². The Balaban J connectivity index is 1.86. The Labute approximate surface area is 140 Å². The van der Waals surface area contributed by atoms with Crippen LogP contribution in [0.5, 0.6) is 5.75 Å². The second kappa shape index (κ2) is 7.57. The van der Waals surface area contributed by atoms with Crippen LogP contribution in [0.15, 0.2) is 40.8 Å². The first-order valence-electron chi connectivity index (χ1n) is 7.41. The van der Waals surface area contributed by atoms with Crippen LogP contribution in [0.4, 0.5) is 10.5 Å². The highest BCUT2D eigenvalue weighted by Crippen LogP contribution is 2.22. The smallest absolute Gasteiger partial charge is 0.319 e. The summed E-state index contributed by atoms with van der Waals surface area (Å²) in [5.41, 5.74) is -0.701. The number of urea groups is 1. The molecule has 6 nitrogen and oxygen atoms in total. The van der Waals surface area contributed by atoms with Gasteiger partial charge in [-0.2, -0.15) is 0 Å². The summed E-state index contributed by atoms with van der Waals surface area (Å²) in [6.07, 6.45) is 5.12. The zero-order valence-corrected chi connectivity index (χ0v) is 13.6. The van der Waals surface area contributed by atoms with Gasteiger partial charge < -0.3 is 24.9 Å². The summed E-state index contributed by atoms with van der Waals surface area (Å²) in [5, 5.41) is 15.6. The Hall–Kier alpha value is -2.91. The monoisotopic (exact) mass is 328 g/mol. The van der Waals surface area contributed by atoms with E-state index in [-0.39, 0.29) is 13.2 Å². The minimum atomic E-state index is -1.29. The Morgan fingerprint density at radius 1 is 1.33 bits per heavy atom. The number of amides is 2. The van der Waals surface area contributed by atoms with Crippen LogP contribution in [-0.4, -0.2) is 24.3 Å². The molecule has 24 heavy (non-hydrogen) atoms. The number of anilines is 1. The second-order valence-electron chi connectivity index (χ2n) is 5.51. The van der Waals surface area contributed by atoms with Crippen LogP contribution in [0.2, 0.25) is 0 Å². The molecule has 0 radical (unpaired) electrons. The summed E-state index contributed by atoms with van der Waals surface area (Å²) in [6.45, 7) is 3.56. The van der Waals surface area contributed by atoms with Gasteiger partial charge >= 0.3 is 6.03 Å². The molecule has 0 aliphatic rings. The number of carbonyl (C=O) groups is 1. The molecule has 1 aromatic heterocycles. The molecule has 0 aliphatic carbocycles. The lowest BCUT2D eigenvalue weighted by Gasteiger charge is -2.21. The van der Waals surface area contributed by atoms with E-state index in [0.29, 0.717) is 23.0 Å². The van der Waals surface area contributed by atoms with Crippen molar-refractivity contribution in [1.82, 2.24) is 5.32 Å². The van der Waals surface area contributed by atoms with Gasteiger partial charge in [-0.3, -0.25) is 0 Å². The SMILES string of the molecule is C#CCOc1ccc(NC(=O)NC[C@](C)(O)c2ccc(C)o2)cc1. The van der Waals surface area contributed by atoms with E-state index in [0.717, 1.165) is 0 Å². The number of hydrogen-bond acceptors (Lipinski definition) is 4. The van der Waals surface area contributed by atoms with Crippen molar-refractivity contribution in [3.05, 3.63) is 47.9 Å². The number of hydrogen-bond donors (Lipinski definition) is 3. The molecule has 0 aliphatic heterocycles. The molecule has 0 unspecified atom stereocenters. The lowest BCUT2D eigenvalue weighted by Crippen LogP contribution is -2.40. The van der Waals surface area contributed by atoms with Crippen LogP contribution in [0.1, 0.15) is 18.4 Å². The molecule has 1 aromatic carbocycles. The van der Waals surface area contributed by atoms with Crippen LogP contribution in [0.3, 0.4) is 0 Å². The standard InChI is InChI=1S/C18H20N2O4/c1-4-11-23-15-8-6-14(7-9-15)20-17(21)19-12-18(3,22)16-10-5-13(2)24-16/h1,5-10,22H,11-12H2,2-3H3,(H2,19,20,21)/t18-/m0/s1. The molecule has 0 fully saturated rings. The lowest BCUT2D eigenvalue weighted by molar-refractivity contribution is 0.0364. The van der Waals surface area contributed by atoms with Gasteiger partial charge in [0, 0.05) is 5.69 Å². The summed E-state index contributed by atoms with van der Waals surface area (Å²) < 4.78 is 10.6. The van der Waals surface area contributed by atoms with Gasteiger partial charge in [-0.15, -0.1) is 6.42 Å². The molecule has 0 saturated heterocycles. The van der Waals surface area contributed by atoms with Crippen molar-refractivity contribution in [2.45, 2.75) is 19.4 Å². The van der Waals surface area contributed by atoms with Crippen molar-refractivity contribution in [3.63, 3.8) is 0 Å². The topological polar surface area (TPSA) is 83.7 Å². The summed E-state index contributed by atoms with van der Waals surface area (Å²) >= 11 is 0. The highest BCUT2D eigenvalue weighted by Gasteiger charge is 2.27. The second-order valence-corrected chi connectivity index (χ2v) is 5.51. The zero-order valence-electron chi connectivity index (χ0n) is 13.6. The van der Waals surface area contributed by atoms with E-state index in [9.17, 15) is 9.90 Å². The van der Waals surface area contributed by atoms with Crippen LogP contribution >= 0.6 is 0 Å². The van der Waals surface area contributed by atoms with Crippen molar-refractivity contribution in [3.8, 4) is 18.1 Å². The maximum atomic E-state index is 11.9. The van der Waals surface area contributed by atoms with Gasteiger partial charge in [0.05, 0.1) is 6.54 Å². The van der Waals surface area contributed by atoms with Gasteiger partial charge in [0.25, 0.3) is 0 Å². The zero-order chi connectivity index (χ0) is 17.6. The van der Waals surface area contributed by atoms with Crippen LogP contribution in [0, 0.1) is 19.3 Å². The number of benzene rings is 1. The Kier molecular flexibility index (Phi) is 5.51. The fourth-order valence-electron chi connectivity index (χ4n) is 2.00. The number of aryl methyl sites for hydroxylation is 1. The number of ether oxygens (including phenoxy) is 1. The summed E-state index contributed by atoms with van der Waals surface area (Å²) in [5.74, 6) is 4.09. The number of furan rings is 1. The molecule has 6 heteroatoms. The van der Waals surface area contributed by atoms with Gasteiger partial charge in [0.1, 0.15) is 29.5 Å². The van der Waals surface area contributed by atoms with Gasteiger partial charge in [-0.05, 0) is 50.2 Å². The van der Waals surface area contributed by atoms with E-state index < -0.39 is 11.6 Å². The van der Waals surface area contributed by atoms with Gasteiger partial charge in [-0.1, -0.05) is 5.92 Å². The van der Waals surface area contributed by atoms with Crippen molar-refractivity contribution >= 4 is 11.7 Å². The molecule has 0 spiro atoms. The lowest BCUT2D eigenvalue weighted by atomic mass is 10.0. The van der Waals surface area contributed by atoms with Gasteiger partial charge in [0.2, 0.25) is 0 Å². The molecular weight excluding hydrogens is 308 g/mol. The van der Waals surface area contributed by atoms with Gasteiger partial charge in [-0.25, -0.2) is 4.79 Å². The fourth-order valence-corrected chi connectivity index (χ4v) is 2.00. The highest BCUT2D eigenvalue weighted by molar-refractivity contribution is 5.89. The van der Waals surface area contributed by atoms with Crippen LogP contribution in [-0.2, 0) is 5.60 Å². The molecule has 0 saturated carbocycles. The Morgan fingerprint density at radius 2 is 2.04 bits per heavy atom. The first-order chi connectivity index (χ1) is 11.4. The van der Waals surface area contributed by atoms with Crippen molar-refractivity contribution in [2.75, 3.05) is 18.5 Å². The molecular formula is C18H20N2O4. The van der Waals surface area contributed by atoms with E-state index in [1.807, 2.05) is 0 Å². The number of terminal acetylenes is 1. The maximum absolute atomic E-state index is 11.9. The highest BCUT2D eigenvalue weighted by atomic mass is 16.5. The Morgan fingerprint density at radius 3 is 2.62 bits per heavy atom. The predicted octanol–water partition coefficient (Wildman–Crippen LogP) is 2.63. The Bertz CT molecular complexity index is 726. The van der Waals surface area contributed by atoms with Crippen molar-refractivity contribution in [2.24, 2.45) is 0 Å². The third kappa shape index (κ3) is 4.80. The average molecular weight is 328 g/mol. The van der Waals surface area contributed by atoms with Crippen LogP contribution in [0.25, 0.3) is 0 Å². The van der Waals surface area contributed by atoms with E-state index in [1.54, 1.807) is 50.2 Å². The van der Waals surface area contributed by atoms with E-state index in [4.69, 9.17) is 15.6 Å². The van der Waals surface area contributed by atoms with E-state index >= 15 is 0 Å². The quantitative estimate of drug-likeness (QED) is 0.712. The largest absolute Gasteiger partial charge is 0.481 e. The fraction of sp³-hybridized carbons (Fsp3) is 0.278. The van der Waals surface area contributed by atoms with Crippen LogP contribution < -0.4 is 15.4 Å². The number of carbonyl (C=O) groups excluding carboxylic acids is 1. The molecule has 1 atom stereocenters. The summed E-state index contributed by atoms with van der Waals surface area (Å²) in [6, 6.07) is 9.80. The minimum absolute atomic E-state index is 0.00908. The normalized spacial score (nSPS) is 12.8. The number of rotatable bonds is 6. The summed E-state index contributed by atoms with van der Waals surface area (Å²) in [4.78, 5) is 11.9. The molecule has 1 heterocycles. The maximum Gasteiger partial charge on any atom is 0.319 e. The predicted molar refractivity (Wildman–Crippen MR) is 90.8 cm³/mol. The molecule has 2 amide bonds. The first kappa shape index (κ1) is 17.4. The molecule has 2 rings (SSSR count). The average Bonchev–Trinajstić information content (AvgIpc) is 3.00. The third-order valence-corrected chi connectivity index (χ3v) is 3.30. The minimum Gasteiger partial charge on any atom is -0.481 e. The number of nitrogens with one attached hydrogen (secondary N) is 2. The molecule has 126 valence electrons. The summed E-state index contributed by atoms with van der Waals surface area (Å²) in [7, 11) is 0. The van der Waals surface area contributed by atoms with E-state index in [2.05, 4.69) is 16.6 Å². The third-order valence-electron chi connectivity index (χ3n) is 3.30.